The van der Waals surface area contributed by atoms with Crippen LogP contribution in [0.15, 0.2) is 18.2 Å². The molecule has 0 radical (unpaired) electrons. The standard InChI is InChI=1S/C20H32BNO4/c1-14-10-15(13-22(9)17(23)24-18(2,3)4)12-16(11-14)21-25-19(5,6)20(7,8)26-21/h10-12H,13H2,1-9H3. The zero-order chi connectivity index (χ0) is 19.9. The van der Waals surface area contributed by atoms with Crippen molar-refractivity contribution in [1.29, 1.82) is 0 Å². The van der Waals surface area contributed by atoms with Crippen LogP contribution >= 0.6 is 0 Å². The van der Waals surface area contributed by atoms with Crippen molar-refractivity contribution in [1.82, 2.24) is 4.90 Å². The minimum atomic E-state index is -0.508. The zero-order valence-corrected chi connectivity index (χ0v) is 17.6. The van der Waals surface area contributed by atoms with E-state index in [4.69, 9.17) is 14.0 Å². The lowest BCUT2D eigenvalue weighted by atomic mass is 9.77. The Morgan fingerprint density at radius 3 is 2.15 bits per heavy atom. The summed E-state index contributed by atoms with van der Waals surface area (Å²) in [5, 5.41) is 0. The third-order valence-corrected chi connectivity index (χ3v) is 4.81. The molecule has 0 aliphatic carbocycles. The van der Waals surface area contributed by atoms with Gasteiger partial charge in [0.15, 0.2) is 0 Å². The van der Waals surface area contributed by atoms with Gasteiger partial charge in [0.25, 0.3) is 0 Å². The smallest absolute Gasteiger partial charge is 0.444 e. The Hall–Kier alpha value is -1.53. The first-order chi connectivity index (χ1) is 11.7. The number of aryl methyl sites for hydroxylation is 1. The summed E-state index contributed by atoms with van der Waals surface area (Å²) in [6.07, 6.45) is -0.337. The summed E-state index contributed by atoms with van der Waals surface area (Å²) >= 11 is 0. The monoisotopic (exact) mass is 361 g/mol. The van der Waals surface area contributed by atoms with E-state index in [0.29, 0.717) is 6.54 Å². The molecule has 0 unspecified atom stereocenters. The summed E-state index contributed by atoms with van der Waals surface area (Å²) in [6.45, 7) is 16.3. The summed E-state index contributed by atoms with van der Waals surface area (Å²) in [4.78, 5) is 13.8. The average molecular weight is 361 g/mol. The first-order valence-corrected chi connectivity index (χ1v) is 9.10. The molecule has 0 saturated carbocycles. The number of hydrogen-bond acceptors (Lipinski definition) is 4. The Morgan fingerprint density at radius 2 is 1.65 bits per heavy atom. The van der Waals surface area contributed by atoms with Crippen molar-refractivity contribution < 1.29 is 18.8 Å². The van der Waals surface area contributed by atoms with Gasteiger partial charge in [-0.2, -0.15) is 0 Å². The molecule has 1 fully saturated rings. The van der Waals surface area contributed by atoms with Crippen molar-refractivity contribution in [2.45, 2.75) is 78.7 Å². The third kappa shape index (κ3) is 4.80. The SMILES string of the molecule is Cc1cc(CN(C)C(=O)OC(C)(C)C)cc(B2OC(C)(C)C(C)(C)O2)c1. The van der Waals surface area contributed by atoms with Crippen LogP contribution in [0, 0.1) is 6.92 Å². The van der Waals surface area contributed by atoms with Crippen molar-refractivity contribution in [3.05, 3.63) is 29.3 Å². The second kappa shape index (κ2) is 6.89. The number of hydrogen-bond donors (Lipinski definition) is 0. The van der Waals surface area contributed by atoms with Gasteiger partial charge >= 0.3 is 13.2 Å². The first kappa shape index (κ1) is 20.8. The van der Waals surface area contributed by atoms with E-state index < -0.39 is 12.7 Å². The van der Waals surface area contributed by atoms with Crippen molar-refractivity contribution in [3.8, 4) is 0 Å². The molecule has 26 heavy (non-hydrogen) atoms. The van der Waals surface area contributed by atoms with Crippen molar-refractivity contribution >= 4 is 18.7 Å². The number of benzene rings is 1. The van der Waals surface area contributed by atoms with Crippen molar-refractivity contribution in [2.24, 2.45) is 0 Å². The van der Waals surface area contributed by atoms with Gasteiger partial charge in [0.1, 0.15) is 5.60 Å². The molecule has 1 heterocycles. The van der Waals surface area contributed by atoms with Gasteiger partial charge < -0.3 is 18.9 Å². The molecule has 0 aromatic heterocycles. The van der Waals surface area contributed by atoms with Gasteiger partial charge in [-0.1, -0.05) is 23.8 Å². The minimum absolute atomic E-state index is 0.337. The minimum Gasteiger partial charge on any atom is -0.444 e. The van der Waals surface area contributed by atoms with Gasteiger partial charge in [-0.3, -0.25) is 0 Å². The summed E-state index contributed by atoms with van der Waals surface area (Å²) < 4.78 is 17.7. The highest BCUT2D eigenvalue weighted by Crippen LogP contribution is 2.36. The van der Waals surface area contributed by atoms with E-state index in [1.165, 1.54) is 0 Å². The lowest BCUT2D eigenvalue weighted by Crippen LogP contribution is -2.41. The number of carbonyl (C=O) groups is 1. The Balaban J connectivity index is 2.17. The van der Waals surface area contributed by atoms with Crippen LogP contribution in [0.1, 0.15) is 59.6 Å². The normalized spacial score (nSPS) is 18.7. The van der Waals surface area contributed by atoms with Crippen LogP contribution in [0.2, 0.25) is 0 Å². The quantitative estimate of drug-likeness (QED) is 0.771. The highest BCUT2D eigenvalue weighted by Gasteiger charge is 2.51. The van der Waals surface area contributed by atoms with E-state index in [2.05, 4.69) is 12.1 Å². The molecule has 144 valence electrons. The fraction of sp³-hybridized carbons (Fsp3) is 0.650. The maximum Gasteiger partial charge on any atom is 0.494 e. The Kier molecular flexibility index (Phi) is 5.51. The molecule has 5 nitrogen and oxygen atoms in total. The van der Waals surface area contributed by atoms with Gasteiger partial charge in [-0.15, -0.1) is 0 Å². The van der Waals surface area contributed by atoms with Crippen LogP contribution in [0.5, 0.6) is 0 Å². The zero-order valence-electron chi connectivity index (χ0n) is 17.6. The van der Waals surface area contributed by atoms with E-state index in [1.54, 1.807) is 11.9 Å². The predicted molar refractivity (Wildman–Crippen MR) is 105 cm³/mol. The fourth-order valence-electron chi connectivity index (χ4n) is 2.78. The molecule has 0 atom stereocenters. The maximum absolute atomic E-state index is 12.2. The molecule has 1 aromatic rings. The lowest BCUT2D eigenvalue weighted by molar-refractivity contribution is 0.00578. The van der Waals surface area contributed by atoms with Crippen molar-refractivity contribution in [2.75, 3.05) is 7.05 Å². The molecule has 2 rings (SSSR count). The number of nitrogens with zero attached hydrogens (tertiary/aromatic N) is 1. The van der Waals surface area contributed by atoms with Gasteiger partial charge in [0.2, 0.25) is 0 Å². The average Bonchev–Trinajstić information content (AvgIpc) is 2.65. The summed E-state index contributed by atoms with van der Waals surface area (Å²) in [5.41, 5.74) is 1.82. The Bertz CT molecular complexity index is 663. The Labute approximate surface area is 158 Å². The molecule has 1 aliphatic rings. The molecular weight excluding hydrogens is 329 g/mol. The number of rotatable bonds is 3. The van der Waals surface area contributed by atoms with Crippen molar-refractivity contribution in [3.63, 3.8) is 0 Å². The first-order valence-electron chi connectivity index (χ1n) is 9.10. The lowest BCUT2D eigenvalue weighted by Gasteiger charge is -2.32. The second-order valence-corrected chi connectivity index (χ2v) is 9.18. The van der Waals surface area contributed by atoms with E-state index in [0.717, 1.165) is 16.6 Å². The number of ether oxygens (including phenoxy) is 1. The van der Waals surface area contributed by atoms with E-state index in [1.807, 2.05) is 61.5 Å². The second-order valence-electron chi connectivity index (χ2n) is 9.18. The van der Waals surface area contributed by atoms with Crippen LogP contribution in [0.25, 0.3) is 0 Å². The predicted octanol–water partition coefficient (Wildman–Crippen LogP) is 3.66. The summed E-state index contributed by atoms with van der Waals surface area (Å²) in [7, 11) is 1.33. The van der Waals surface area contributed by atoms with Gasteiger partial charge in [-0.25, -0.2) is 4.79 Å². The number of carbonyl (C=O) groups excluding carboxylic acids is 1. The van der Waals surface area contributed by atoms with E-state index in [-0.39, 0.29) is 17.3 Å². The van der Waals surface area contributed by atoms with Gasteiger partial charge in [0.05, 0.1) is 11.2 Å². The summed E-state index contributed by atoms with van der Waals surface area (Å²) in [5.74, 6) is 0. The third-order valence-electron chi connectivity index (χ3n) is 4.81. The Morgan fingerprint density at radius 1 is 1.12 bits per heavy atom. The van der Waals surface area contributed by atoms with Crippen LogP contribution < -0.4 is 5.46 Å². The molecule has 1 amide bonds. The largest absolute Gasteiger partial charge is 0.494 e. The molecule has 1 aromatic carbocycles. The highest BCUT2D eigenvalue weighted by atomic mass is 16.7. The maximum atomic E-state index is 12.2. The van der Waals surface area contributed by atoms with Gasteiger partial charge in [-0.05, 0) is 66.4 Å². The molecule has 1 saturated heterocycles. The highest BCUT2D eigenvalue weighted by molar-refractivity contribution is 6.62. The van der Waals surface area contributed by atoms with Crippen LogP contribution in [-0.2, 0) is 20.6 Å². The van der Waals surface area contributed by atoms with Crippen LogP contribution in [0.3, 0.4) is 0 Å². The molecule has 0 spiro atoms. The summed E-state index contributed by atoms with van der Waals surface area (Å²) in [6, 6.07) is 6.17. The molecule has 0 bridgehead atoms. The van der Waals surface area contributed by atoms with Gasteiger partial charge in [0, 0.05) is 13.6 Å². The topological polar surface area (TPSA) is 48.0 Å². The van der Waals surface area contributed by atoms with Crippen LogP contribution in [-0.4, -0.2) is 42.0 Å². The van der Waals surface area contributed by atoms with Crippen LogP contribution in [0.4, 0.5) is 4.79 Å². The molecular formula is C20H32BNO4. The number of amides is 1. The fourth-order valence-corrected chi connectivity index (χ4v) is 2.78. The molecule has 1 aliphatic heterocycles. The van der Waals surface area contributed by atoms with E-state index in [9.17, 15) is 4.79 Å². The van der Waals surface area contributed by atoms with E-state index >= 15 is 0 Å². The molecule has 0 N–H and O–H groups in total. The molecule has 6 heteroatoms.